The second kappa shape index (κ2) is 4.64. The Morgan fingerprint density at radius 1 is 1.35 bits per heavy atom. The van der Waals surface area contributed by atoms with Gasteiger partial charge >= 0.3 is 5.97 Å². The summed E-state index contributed by atoms with van der Waals surface area (Å²) in [5.74, 6) is -1.03. The highest BCUT2D eigenvalue weighted by Gasteiger charge is 2.40. The summed E-state index contributed by atoms with van der Waals surface area (Å²) in [6, 6.07) is 0. The normalized spacial score (nSPS) is 37.4. The minimum atomic E-state index is -0.811. The molecule has 2 aliphatic heterocycles. The van der Waals surface area contributed by atoms with Gasteiger partial charge in [-0.25, -0.2) is 0 Å². The van der Waals surface area contributed by atoms with E-state index in [0.717, 1.165) is 6.42 Å². The Bertz CT molecular complexity index is 330. The first kappa shape index (κ1) is 12.4. The van der Waals surface area contributed by atoms with Crippen LogP contribution < -0.4 is 0 Å². The number of rotatable bonds is 2. The number of hydrogen-bond acceptors (Lipinski definition) is 3. The summed E-state index contributed by atoms with van der Waals surface area (Å²) in [4.78, 5) is 24.7. The van der Waals surface area contributed by atoms with E-state index >= 15 is 0 Å². The van der Waals surface area contributed by atoms with Crippen molar-refractivity contribution < 1.29 is 19.4 Å². The zero-order chi connectivity index (χ0) is 12.6. The van der Waals surface area contributed by atoms with Crippen molar-refractivity contribution in [2.24, 2.45) is 11.8 Å². The molecule has 5 heteroatoms. The molecular weight excluding hydrogens is 222 g/mol. The minimum absolute atomic E-state index is 0.0365. The van der Waals surface area contributed by atoms with Crippen LogP contribution >= 0.6 is 0 Å². The van der Waals surface area contributed by atoms with Crippen molar-refractivity contribution in [1.29, 1.82) is 0 Å². The second-order valence-corrected chi connectivity index (χ2v) is 5.19. The van der Waals surface area contributed by atoms with Crippen LogP contribution in [0.2, 0.25) is 0 Å². The van der Waals surface area contributed by atoms with Gasteiger partial charge in [0.25, 0.3) is 5.91 Å². The van der Waals surface area contributed by atoms with E-state index in [4.69, 9.17) is 9.84 Å². The first-order valence-corrected chi connectivity index (χ1v) is 6.16. The first-order chi connectivity index (χ1) is 7.99. The number of nitrogens with zero attached hydrogens (tertiary/aromatic N) is 1. The summed E-state index contributed by atoms with van der Waals surface area (Å²) in [5.41, 5.74) is 0. The standard InChI is InChI=1S/C12H19NO4/c1-7-5-8(2)17-10(7)11(14)13-4-3-9(6-13)12(15)16/h7-10H,3-6H2,1-2H3,(H,15,16). The molecule has 0 aromatic rings. The number of carboxylic acids is 1. The third-order valence-electron chi connectivity index (χ3n) is 3.69. The molecule has 2 heterocycles. The van der Waals surface area contributed by atoms with Crippen LogP contribution in [0.1, 0.15) is 26.7 Å². The van der Waals surface area contributed by atoms with Crippen LogP contribution in [0.15, 0.2) is 0 Å². The van der Waals surface area contributed by atoms with Crippen molar-refractivity contribution in [3.8, 4) is 0 Å². The molecule has 0 radical (unpaired) electrons. The van der Waals surface area contributed by atoms with Gasteiger partial charge in [0.15, 0.2) is 0 Å². The van der Waals surface area contributed by atoms with Crippen molar-refractivity contribution in [1.82, 2.24) is 4.90 Å². The predicted molar refractivity (Wildman–Crippen MR) is 60.4 cm³/mol. The number of likely N-dealkylation sites (tertiary alicyclic amines) is 1. The monoisotopic (exact) mass is 241 g/mol. The molecule has 0 spiro atoms. The van der Waals surface area contributed by atoms with Gasteiger partial charge in [-0.15, -0.1) is 0 Å². The van der Waals surface area contributed by atoms with E-state index in [0.29, 0.717) is 19.5 Å². The quantitative estimate of drug-likeness (QED) is 0.774. The van der Waals surface area contributed by atoms with E-state index in [-0.39, 0.29) is 24.0 Å². The molecule has 0 aromatic heterocycles. The lowest BCUT2D eigenvalue weighted by atomic mass is 10.0. The molecule has 1 amide bonds. The molecule has 0 aromatic carbocycles. The highest BCUT2D eigenvalue weighted by molar-refractivity contribution is 5.83. The molecule has 0 bridgehead atoms. The van der Waals surface area contributed by atoms with E-state index < -0.39 is 11.9 Å². The Balaban J connectivity index is 1.95. The molecule has 1 N–H and O–H groups in total. The van der Waals surface area contributed by atoms with Crippen LogP contribution in [0.25, 0.3) is 0 Å². The summed E-state index contributed by atoms with van der Waals surface area (Å²) < 4.78 is 5.60. The molecule has 17 heavy (non-hydrogen) atoms. The topological polar surface area (TPSA) is 66.8 Å². The molecule has 4 atom stereocenters. The van der Waals surface area contributed by atoms with Gasteiger partial charge in [0, 0.05) is 13.1 Å². The maximum atomic E-state index is 12.2. The molecule has 0 saturated carbocycles. The molecule has 2 fully saturated rings. The highest BCUT2D eigenvalue weighted by Crippen LogP contribution is 2.28. The van der Waals surface area contributed by atoms with Crippen LogP contribution in [0.4, 0.5) is 0 Å². The minimum Gasteiger partial charge on any atom is -0.481 e. The van der Waals surface area contributed by atoms with Crippen LogP contribution in [-0.2, 0) is 14.3 Å². The number of carbonyl (C=O) groups is 2. The summed E-state index contributed by atoms with van der Waals surface area (Å²) in [6.07, 6.45) is 1.19. The van der Waals surface area contributed by atoms with Crippen LogP contribution in [0.3, 0.4) is 0 Å². The average molecular weight is 241 g/mol. The van der Waals surface area contributed by atoms with E-state index in [1.807, 2.05) is 13.8 Å². The van der Waals surface area contributed by atoms with E-state index in [2.05, 4.69) is 0 Å². The summed E-state index contributed by atoms with van der Waals surface area (Å²) in [5, 5.41) is 8.90. The summed E-state index contributed by atoms with van der Waals surface area (Å²) in [7, 11) is 0. The van der Waals surface area contributed by atoms with E-state index in [1.165, 1.54) is 0 Å². The maximum absolute atomic E-state index is 12.2. The molecule has 5 nitrogen and oxygen atoms in total. The van der Waals surface area contributed by atoms with Crippen LogP contribution in [0.5, 0.6) is 0 Å². The van der Waals surface area contributed by atoms with Gasteiger partial charge < -0.3 is 14.7 Å². The van der Waals surface area contributed by atoms with Crippen molar-refractivity contribution in [3.05, 3.63) is 0 Å². The fraction of sp³-hybridized carbons (Fsp3) is 0.833. The maximum Gasteiger partial charge on any atom is 0.308 e. The zero-order valence-electron chi connectivity index (χ0n) is 10.3. The van der Waals surface area contributed by atoms with E-state index in [1.54, 1.807) is 4.90 Å². The van der Waals surface area contributed by atoms with Gasteiger partial charge in [0.05, 0.1) is 12.0 Å². The van der Waals surface area contributed by atoms with Gasteiger partial charge in [-0.3, -0.25) is 9.59 Å². The molecule has 2 rings (SSSR count). The molecule has 0 aliphatic carbocycles. The summed E-state index contributed by atoms with van der Waals surface area (Å²) >= 11 is 0. The van der Waals surface area contributed by atoms with Crippen molar-refractivity contribution in [3.63, 3.8) is 0 Å². The Kier molecular flexibility index (Phi) is 3.38. The average Bonchev–Trinajstić information content (AvgIpc) is 2.84. The predicted octanol–water partition coefficient (Wildman–Crippen LogP) is 0.733. The Hall–Kier alpha value is -1.10. The number of ether oxygens (including phenoxy) is 1. The van der Waals surface area contributed by atoms with Gasteiger partial charge in [-0.2, -0.15) is 0 Å². The van der Waals surface area contributed by atoms with E-state index in [9.17, 15) is 9.59 Å². The van der Waals surface area contributed by atoms with Crippen LogP contribution in [0, 0.1) is 11.8 Å². The third-order valence-corrected chi connectivity index (χ3v) is 3.69. The molecule has 2 aliphatic rings. The lowest BCUT2D eigenvalue weighted by molar-refractivity contribution is -0.144. The first-order valence-electron chi connectivity index (χ1n) is 6.16. The molecule has 2 saturated heterocycles. The van der Waals surface area contributed by atoms with Gasteiger partial charge in [0.2, 0.25) is 0 Å². The van der Waals surface area contributed by atoms with Gasteiger partial charge in [0.1, 0.15) is 6.10 Å². The smallest absolute Gasteiger partial charge is 0.308 e. The SMILES string of the molecule is CC1CC(C)C(C(=O)N2CCC(C(=O)O)C2)O1. The fourth-order valence-corrected chi connectivity index (χ4v) is 2.73. The number of aliphatic carboxylic acids is 1. The fourth-order valence-electron chi connectivity index (χ4n) is 2.73. The second-order valence-electron chi connectivity index (χ2n) is 5.19. The summed E-state index contributed by atoms with van der Waals surface area (Å²) in [6.45, 7) is 4.84. The largest absolute Gasteiger partial charge is 0.481 e. The molecule has 96 valence electrons. The third kappa shape index (κ3) is 2.44. The Morgan fingerprint density at radius 3 is 2.53 bits per heavy atom. The van der Waals surface area contributed by atoms with Crippen LogP contribution in [-0.4, -0.2) is 47.2 Å². The van der Waals surface area contributed by atoms with Crippen molar-refractivity contribution >= 4 is 11.9 Å². The zero-order valence-corrected chi connectivity index (χ0v) is 10.3. The Morgan fingerprint density at radius 2 is 2.06 bits per heavy atom. The number of carboxylic acid groups (broad SMARTS) is 1. The lowest BCUT2D eigenvalue weighted by Crippen LogP contribution is -2.40. The number of hydrogen-bond donors (Lipinski definition) is 1. The number of amides is 1. The molecular formula is C12H19NO4. The lowest BCUT2D eigenvalue weighted by Gasteiger charge is -2.22. The van der Waals surface area contributed by atoms with Crippen molar-refractivity contribution in [2.45, 2.75) is 38.9 Å². The van der Waals surface area contributed by atoms with Crippen molar-refractivity contribution in [2.75, 3.05) is 13.1 Å². The van der Waals surface area contributed by atoms with Gasteiger partial charge in [-0.1, -0.05) is 6.92 Å². The molecule has 4 unspecified atom stereocenters. The van der Waals surface area contributed by atoms with Gasteiger partial charge in [-0.05, 0) is 25.7 Å². The number of carbonyl (C=O) groups excluding carboxylic acids is 1. The Labute approximate surface area is 101 Å². The highest BCUT2D eigenvalue weighted by atomic mass is 16.5.